The molecule has 1 aliphatic heterocycles. The fourth-order valence-corrected chi connectivity index (χ4v) is 3.48. The van der Waals surface area contributed by atoms with Crippen LogP contribution in [0.3, 0.4) is 0 Å². The van der Waals surface area contributed by atoms with Crippen LogP contribution in [0.4, 0.5) is 0 Å². The number of hydrogen-bond donors (Lipinski definition) is 1. The number of furan rings is 2. The summed E-state index contributed by atoms with van der Waals surface area (Å²) in [6.45, 7) is 0. The topological polar surface area (TPSA) is 69.8 Å². The summed E-state index contributed by atoms with van der Waals surface area (Å²) in [5.74, 6) is 0.892. The molecule has 114 valence electrons. The highest BCUT2D eigenvalue weighted by Crippen LogP contribution is 2.41. The Morgan fingerprint density at radius 2 is 1.77 bits per heavy atom. The van der Waals surface area contributed by atoms with Crippen molar-refractivity contribution < 1.29 is 18.8 Å². The van der Waals surface area contributed by atoms with Crippen molar-refractivity contribution in [3.8, 4) is 0 Å². The molecule has 4 rings (SSSR count). The highest BCUT2D eigenvalue weighted by molar-refractivity contribution is 5.82. The maximum absolute atomic E-state index is 12.9. The van der Waals surface area contributed by atoms with Crippen molar-refractivity contribution >= 4 is 11.4 Å². The van der Waals surface area contributed by atoms with Gasteiger partial charge < -0.3 is 8.83 Å². The summed E-state index contributed by atoms with van der Waals surface area (Å²) in [6.07, 6.45) is 6.60. The molecule has 1 saturated carbocycles. The molecule has 2 atom stereocenters. The first kappa shape index (κ1) is 13.3. The number of hydrogen-bond acceptors (Lipinski definition) is 5. The Labute approximate surface area is 127 Å². The maximum Gasteiger partial charge on any atom is 0.327 e. The largest absolute Gasteiger partial charge is 0.462 e. The lowest BCUT2D eigenvalue weighted by molar-refractivity contribution is -0.522. The molecule has 6 heteroatoms. The second-order valence-corrected chi connectivity index (χ2v) is 5.74. The van der Waals surface area contributed by atoms with Gasteiger partial charge in [-0.3, -0.25) is 5.21 Å². The van der Waals surface area contributed by atoms with Gasteiger partial charge in [-0.25, -0.2) is 5.06 Å². The van der Waals surface area contributed by atoms with Crippen LogP contribution in [0.1, 0.15) is 37.2 Å². The normalized spacial score (nSPS) is 25.5. The Kier molecular flexibility index (Phi) is 3.11. The Hall–Kier alpha value is -2.34. The summed E-state index contributed by atoms with van der Waals surface area (Å²) in [6, 6.07) is 6.43. The van der Waals surface area contributed by atoms with Gasteiger partial charge in [0.25, 0.3) is 0 Å². The minimum absolute atomic E-state index is 0.218. The minimum Gasteiger partial charge on any atom is -0.462 e. The third-order valence-corrected chi connectivity index (χ3v) is 4.49. The van der Waals surface area contributed by atoms with Crippen molar-refractivity contribution in [3.63, 3.8) is 0 Å². The standard InChI is InChI=1S/C16H17N2O4/c19-17-11-5-1-2-6-12(11)18(20)16(14-8-4-10-22-14)15(17)13-7-3-9-21-13/h3-4,7-12,19H,1-2,5-6H2/q+1/t11-,12+/m1/s1. The van der Waals surface area contributed by atoms with Crippen molar-refractivity contribution in [3.05, 3.63) is 53.2 Å². The summed E-state index contributed by atoms with van der Waals surface area (Å²) in [5.41, 5.74) is 0.698. The lowest BCUT2D eigenvalue weighted by Crippen LogP contribution is -2.51. The van der Waals surface area contributed by atoms with E-state index in [0.717, 1.165) is 30.4 Å². The first-order valence-corrected chi connectivity index (χ1v) is 7.54. The third-order valence-electron chi connectivity index (χ3n) is 4.49. The Morgan fingerprint density at radius 1 is 1.09 bits per heavy atom. The molecule has 0 unspecified atom stereocenters. The van der Waals surface area contributed by atoms with Gasteiger partial charge in [-0.1, -0.05) is 6.42 Å². The van der Waals surface area contributed by atoms with Gasteiger partial charge in [-0.05, 0) is 37.1 Å². The van der Waals surface area contributed by atoms with Gasteiger partial charge in [0.1, 0.15) is 6.04 Å². The molecule has 2 aliphatic rings. The van der Waals surface area contributed by atoms with E-state index in [2.05, 4.69) is 0 Å². The van der Waals surface area contributed by atoms with Crippen molar-refractivity contribution in [2.24, 2.45) is 0 Å². The van der Waals surface area contributed by atoms with E-state index in [1.54, 1.807) is 24.3 Å². The highest BCUT2D eigenvalue weighted by atomic mass is 16.5. The molecular formula is C16H17N2O4+. The van der Waals surface area contributed by atoms with Gasteiger partial charge >= 0.3 is 5.70 Å². The summed E-state index contributed by atoms with van der Waals surface area (Å²) < 4.78 is 11.8. The Bertz CT molecular complexity index is 703. The monoisotopic (exact) mass is 301 g/mol. The molecule has 2 aromatic rings. The van der Waals surface area contributed by atoms with E-state index in [9.17, 15) is 10.1 Å². The van der Waals surface area contributed by atoms with Crippen LogP contribution >= 0.6 is 0 Å². The smallest absolute Gasteiger partial charge is 0.327 e. The van der Waals surface area contributed by atoms with E-state index in [-0.39, 0.29) is 12.1 Å². The van der Waals surface area contributed by atoms with Crippen LogP contribution in [0, 0.1) is 4.91 Å². The van der Waals surface area contributed by atoms with E-state index >= 15 is 0 Å². The first-order valence-electron chi connectivity index (χ1n) is 7.54. The van der Waals surface area contributed by atoms with Gasteiger partial charge in [-0.15, -0.1) is 0 Å². The van der Waals surface area contributed by atoms with Crippen LogP contribution in [0.15, 0.2) is 45.6 Å². The van der Waals surface area contributed by atoms with Crippen molar-refractivity contribution in [2.45, 2.75) is 37.8 Å². The second kappa shape index (κ2) is 5.14. The van der Waals surface area contributed by atoms with Gasteiger partial charge in [0.2, 0.25) is 11.8 Å². The predicted octanol–water partition coefficient (Wildman–Crippen LogP) is 3.49. The fourth-order valence-electron chi connectivity index (χ4n) is 3.48. The van der Waals surface area contributed by atoms with Crippen LogP contribution in [0.25, 0.3) is 11.4 Å². The van der Waals surface area contributed by atoms with Crippen LogP contribution < -0.4 is 0 Å². The SMILES string of the molecule is O=[N+]1C(c2ccco2)=C(c2ccco2)N(O)[C@@H]2CCCC[C@@H]21. The zero-order valence-electron chi connectivity index (χ0n) is 12.0. The van der Waals surface area contributed by atoms with E-state index in [1.165, 1.54) is 17.6 Å². The Balaban J connectivity index is 1.92. The van der Waals surface area contributed by atoms with E-state index in [1.807, 2.05) is 0 Å². The molecule has 2 aromatic heterocycles. The molecule has 0 saturated heterocycles. The molecule has 3 heterocycles. The summed E-state index contributed by atoms with van der Waals surface area (Å²) in [5, 5.41) is 11.9. The summed E-state index contributed by atoms with van der Waals surface area (Å²) >= 11 is 0. The molecule has 0 amide bonds. The molecule has 22 heavy (non-hydrogen) atoms. The van der Waals surface area contributed by atoms with Gasteiger partial charge in [0.05, 0.1) is 12.5 Å². The van der Waals surface area contributed by atoms with Crippen LogP contribution in [0.5, 0.6) is 0 Å². The number of hydroxylamine groups is 2. The fraction of sp³-hybridized carbons (Fsp3) is 0.375. The molecule has 0 bridgehead atoms. The average Bonchev–Trinajstić information content (AvgIpc) is 3.23. The van der Waals surface area contributed by atoms with Crippen LogP contribution in [-0.4, -0.2) is 27.1 Å². The first-order chi connectivity index (χ1) is 10.8. The quantitative estimate of drug-likeness (QED) is 0.860. The van der Waals surface area contributed by atoms with Crippen LogP contribution in [0.2, 0.25) is 0 Å². The predicted molar refractivity (Wildman–Crippen MR) is 77.5 cm³/mol. The van der Waals surface area contributed by atoms with E-state index in [0.29, 0.717) is 22.9 Å². The van der Waals surface area contributed by atoms with E-state index in [4.69, 9.17) is 8.83 Å². The molecule has 0 aromatic carbocycles. The molecule has 1 N–H and O–H groups in total. The molecule has 0 radical (unpaired) electrons. The highest BCUT2D eigenvalue weighted by Gasteiger charge is 2.51. The summed E-state index contributed by atoms with van der Waals surface area (Å²) in [7, 11) is 0. The third kappa shape index (κ3) is 1.91. The molecule has 0 spiro atoms. The van der Waals surface area contributed by atoms with Crippen molar-refractivity contribution in [2.75, 3.05) is 0 Å². The number of rotatable bonds is 2. The molecular weight excluding hydrogens is 284 g/mol. The van der Waals surface area contributed by atoms with Gasteiger partial charge in [0.15, 0.2) is 11.5 Å². The zero-order valence-corrected chi connectivity index (χ0v) is 12.0. The van der Waals surface area contributed by atoms with Crippen molar-refractivity contribution in [1.82, 2.24) is 5.06 Å². The molecule has 1 aliphatic carbocycles. The number of nitrogens with zero attached hydrogens (tertiary/aromatic N) is 2. The average molecular weight is 301 g/mol. The van der Waals surface area contributed by atoms with Gasteiger partial charge in [-0.2, -0.15) is 0 Å². The summed E-state index contributed by atoms with van der Waals surface area (Å²) in [4.78, 5) is 12.9. The molecule has 1 fully saturated rings. The minimum atomic E-state index is -0.266. The second-order valence-electron chi connectivity index (χ2n) is 5.74. The number of fused-ring (bicyclic) bond motifs is 1. The Morgan fingerprint density at radius 3 is 2.45 bits per heavy atom. The van der Waals surface area contributed by atoms with Gasteiger partial charge in [0, 0.05) is 16.1 Å². The zero-order chi connectivity index (χ0) is 15.1. The van der Waals surface area contributed by atoms with E-state index < -0.39 is 0 Å². The lowest BCUT2D eigenvalue weighted by atomic mass is 9.87. The van der Waals surface area contributed by atoms with Crippen LogP contribution in [-0.2, 0) is 0 Å². The maximum atomic E-state index is 12.9. The lowest BCUT2D eigenvalue weighted by Gasteiger charge is -2.36. The number of nitroso groups, excluding NO2 is 1. The van der Waals surface area contributed by atoms with Crippen molar-refractivity contribution in [1.29, 1.82) is 0 Å². The molecule has 6 nitrogen and oxygen atoms in total.